The third kappa shape index (κ3) is 2.77. The molecule has 1 unspecified atom stereocenters. The number of ether oxygens (including phenoxy) is 1. The number of nitrogens with one attached hydrogen (secondary N) is 1. The summed E-state index contributed by atoms with van der Waals surface area (Å²) in [5, 5.41) is 3.10. The predicted octanol–water partition coefficient (Wildman–Crippen LogP) is -0.647. The van der Waals surface area contributed by atoms with Crippen molar-refractivity contribution in [3.05, 3.63) is 0 Å². The van der Waals surface area contributed by atoms with Crippen molar-refractivity contribution in [2.24, 2.45) is 0 Å². The molecule has 1 heterocycles. The van der Waals surface area contributed by atoms with Crippen LogP contribution in [0.4, 0.5) is 0 Å². The van der Waals surface area contributed by atoms with Gasteiger partial charge in [0.15, 0.2) is 0 Å². The molecular weight excluding hydrogens is 150 g/mol. The van der Waals surface area contributed by atoms with E-state index in [2.05, 4.69) is 5.32 Å². The number of hydrogen-bond donors (Lipinski definition) is 1. The van der Waals surface area contributed by atoms with E-state index in [0.717, 1.165) is 13.1 Å². The van der Waals surface area contributed by atoms with Gasteiger partial charge in [0, 0.05) is 35.9 Å². The minimum atomic E-state index is -0.705. The molecule has 1 saturated heterocycles. The second kappa shape index (κ2) is 4.05. The van der Waals surface area contributed by atoms with Crippen molar-refractivity contribution in [2.45, 2.75) is 6.10 Å². The molecule has 0 saturated carbocycles. The largest absolute Gasteiger partial charge is 0.375 e. The average Bonchev–Trinajstić information content (AvgIpc) is 1.75. The normalized spacial score (nSPS) is 22.1. The minimum Gasteiger partial charge on any atom is -0.375 e. The van der Waals surface area contributed by atoms with Crippen LogP contribution in [0.3, 0.4) is 0 Å². The summed E-state index contributed by atoms with van der Waals surface area (Å²) in [5.74, 6) is 0.663. The van der Waals surface area contributed by atoms with E-state index in [-0.39, 0.29) is 0 Å². The maximum absolute atomic E-state index is 10.5. The summed E-state index contributed by atoms with van der Waals surface area (Å²) in [5.41, 5.74) is 0. The molecule has 0 aromatic rings. The van der Waals surface area contributed by atoms with Gasteiger partial charge in [0.25, 0.3) is 0 Å². The molecule has 60 valence electrons. The van der Waals surface area contributed by atoms with Crippen molar-refractivity contribution in [2.75, 3.05) is 31.7 Å². The van der Waals surface area contributed by atoms with Crippen LogP contribution >= 0.6 is 0 Å². The zero-order valence-electron chi connectivity index (χ0n) is 6.13. The van der Waals surface area contributed by atoms with Crippen molar-refractivity contribution in [1.29, 1.82) is 0 Å². The lowest BCUT2D eigenvalue weighted by molar-refractivity contribution is 0.0284. The Hall–Kier alpha value is 0.0700. The molecular formula is C6H13NO2S. The molecule has 0 bridgehead atoms. The van der Waals surface area contributed by atoms with Crippen LogP contribution in [0.1, 0.15) is 0 Å². The Morgan fingerprint density at radius 1 is 1.70 bits per heavy atom. The van der Waals surface area contributed by atoms with Crippen molar-refractivity contribution < 1.29 is 8.95 Å². The Morgan fingerprint density at radius 3 is 2.80 bits per heavy atom. The Kier molecular flexibility index (Phi) is 3.31. The van der Waals surface area contributed by atoms with Crippen LogP contribution in [-0.2, 0) is 15.5 Å². The average molecular weight is 163 g/mol. The van der Waals surface area contributed by atoms with Crippen LogP contribution in [0.2, 0.25) is 0 Å². The molecule has 1 rings (SSSR count). The first-order valence-corrected chi connectivity index (χ1v) is 5.14. The lowest BCUT2D eigenvalue weighted by Gasteiger charge is -2.26. The summed E-state index contributed by atoms with van der Waals surface area (Å²) in [6.45, 7) is 2.54. The third-order valence-electron chi connectivity index (χ3n) is 1.47. The summed E-state index contributed by atoms with van der Waals surface area (Å²) >= 11 is 0. The van der Waals surface area contributed by atoms with Gasteiger partial charge in [0.2, 0.25) is 0 Å². The van der Waals surface area contributed by atoms with Crippen molar-refractivity contribution >= 4 is 10.8 Å². The highest BCUT2D eigenvalue weighted by molar-refractivity contribution is 7.84. The van der Waals surface area contributed by atoms with Gasteiger partial charge in [-0.3, -0.25) is 4.21 Å². The van der Waals surface area contributed by atoms with Gasteiger partial charge in [-0.2, -0.15) is 0 Å². The van der Waals surface area contributed by atoms with Crippen LogP contribution in [0, 0.1) is 0 Å². The first kappa shape index (κ1) is 8.17. The minimum absolute atomic E-state index is 0.378. The Morgan fingerprint density at radius 2 is 2.40 bits per heavy atom. The lowest BCUT2D eigenvalue weighted by Crippen LogP contribution is -2.48. The maximum Gasteiger partial charge on any atom is 0.0823 e. The highest BCUT2D eigenvalue weighted by Crippen LogP contribution is 1.96. The monoisotopic (exact) mass is 163 g/mol. The summed E-state index contributed by atoms with van der Waals surface area (Å²) in [4.78, 5) is 0. The van der Waals surface area contributed by atoms with Gasteiger partial charge < -0.3 is 10.1 Å². The van der Waals surface area contributed by atoms with Gasteiger partial charge in [0.1, 0.15) is 0 Å². The number of hydrogen-bond acceptors (Lipinski definition) is 3. The molecule has 0 aromatic carbocycles. The molecule has 1 fully saturated rings. The molecule has 1 aliphatic heterocycles. The Bertz CT molecular complexity index is 125. The molecule has 3 nitrogen and oxygen atoms in total. The first-order chi connectivity index (χ1) is 4.79. The first-order valence-electron chi connectivity index (χ1n) is 3.41. The molecule has 1 N–H and O–H groups in total. The summed E-state index contributed by atoms with van der Waals surface area (Å²) in [7, 11) is -0.705. The molecule has 0 spiro atoms. The second-order valence-electron chi connectivity index (χ2n) is 2.43. The SMILES string of the molecule is CS(=O)CCOC1CNC1. The van der Waals surface area contributed by atoms with Gasteiger partial charge in [0.05, 0.1) is 12.7 Å². The fourth-order valence-electron chi connectivity index (χ4n) is 0.712. The topological polar surface area (TPSA) is 38.3 Å². The van der Waals surface area contributed by atoms with Crippen LogP contribution in [0.25, 0.3) is 0 Å². The van der Waals surface area contributed by atoms with Crippen molar-refractivity contribution in [3.8, 4) is 0 Å². The zero-order valence-corrected chi connectivity index (χ0v) is 6.95. The Balaban J connectivity index is 1.89. The molecule has 0 aromatic heterocycles. The molecule has 0 amide bonds. The maximum atomic E-state index is 10.5. The van der Waals surface area contributed by atoms with Gasteiger partial charge in [-0.15, -0.1) is 0 Å². The summed E-state index contributed by atoms with van der Waals surface area (Å²) in [6, 6.07) is 0. The van der Waals surface area contributed by atoms with Crippen LogP contribution < -0.4 is 5.32 Å². The van der Waals surface area contributed by atoms with Crippen LogP contribution in [0.15, 0.2) is 0 Å². The van der Waals surface area contributed by atoms with Crippen molar-refractivity contribution in [3.63, 3.8) is 0 Å². The smallest absolute Gasteiger partial charge is 0.0823 e. The van der Waals surface area contributed by atoms with Gasteiger partial charge in [-0.05, 0) is 0 Å². The predicted molar refractivity (Wildman–Crippen MR) is 41.5 cm³/mol. The van der Waals surface area contributed by atoms with Gasteiger partial charge >= 0.3 is 0 Å². The standard InChI is InChI=1S/C6H13NO2S/c1-10(8)3-2-9-6-4-7-5-6/h6-7H,2-5H2,1H3. The summed E-state index contributed by atoms with van der Waals surface area (Å²) in [6.07, 6.45) is 2.08. The van der Waals surface area contributed by atoms with Crippen LogP contribution in [-0.4, -0.2) is 42.0 Å². The highest BCUT2D eigenvalue weighted by Gasteiger charge is 2.16. The Labute approximate surface area is 63.6 Å². The van der Waals surface area contributed by atoms with Crippen LogP contribution in [0.5, 0.6) is 0 Å². The zero-order chi connectivity index (χ0) is 7.40. The molecule has 0 aliphatic carbocycles. The molecule has 4 heteroatoms. The highest BCUT2D eigenvalue weighted by atomic mass is 32.2. The second-order valence-corrected chi connectivity index (χ2v) is 3.98. The quantitative estimate of drug-likeness (QED) is 0.599. The molecule has 1 atom stereocenters. The van der Waals surface area contributed by atoms with E-state index < -0.39 is 10.8 Å². The van der Waals surface area contributed by atoms with E-state index in [9.17, 15) is 4.21 Å². The van der Waals surface area contributed by atoms with E-state index >= 15 is 0 Å². The van der Waals surface area contributed by atoms with E-state index in [1.165, 1.54) is 0 Å². The molecule has 0 radical (unpaired) electrons. The lowest BCUT2D eigenvalue weighted by atomic mass is 10.2. The molecule has 10 heavy (non-hydrogen) atoms. The summed E-state index contributed by atoms with van der Waals surface area (Å²) < 4.78 is 15.9. The van der Waals surface area contributed by atoms with E-state index in [0.29, 0.717) is 18.5 Å². The fraction of sp³-hybridized carbons (Fsp3) is 1.00. The number of rotatable bonds is 4. The fourth-order valence-corrected chi connectivity index (χ4v) is 1.04. The van der Waals surface area contributed by atoms with Crippen molar-refractivity contribution in [1.82, 2.24) is 5.32 Å². The third-order valence-corrected chi connectivity index (χ3v) is 2.21. The molecule has 1 aliphatic rings. The van der Waals surface area contributed by atoms with E-state index in [1.54, 1.807) is 6.26 Å². The van der Waals surface area contributed by atoms with E-state index in [4.69, 9.17) is 4.74 Å². The van der Waals surface area contributed by atoms with Gasteiger partial charge in [-0.1, -0.05) is 0 Å². The van der Waals surface area contributed by atoms with Gasteiger partial charge in [-0.25, -0.2) is 0 Å². The van der Waals surface area contributed by atoms with E-state index in [1.807, 2.05) is 0 Å².